The Morgan fingerprint density at radius 1 is 1.08 bits per heavy atom. The number of aromatic nitrogens is 3. The molecule has 26 heavy (non-hydrogen) atoms. The first-order chi connectivity index (χ1) is 12.6. The Morgan fingerprint density at radius 3 is 2.58 bits per heavy atom. The average Bonchev–Trinajstić information content (AvgIpc) is 2.71. The third-order valence-electron chi connectivity index (χ3n) is 4.96. The number of hydrogen-bond acceptors (Lipinski definition) is 6. The molecular formula is C18H20N6O2. The van der Waals surface area contributed by atoms with Crippen molar-refractivity contribution in [3.63, 3.8) is 0 Å². The molecule has 1 unspecified atom stereocenters. The Balaban J connectivity index is 1.48. The molecule has 8 heteroatoms. The van der Waals surface area contributed by atoms with E-state index in [-0.39, 0.29) is 17.9 Å². The number of amides is 2. The smallest absolute Gasteiger partial charge is 0.257 e. The lowest BCUT2D eigenvalue weighted by atomic mass is 10.1. The van der Waals surface area contributed by atoms with E-state index in [0.717, 1.165) is 13.1 Å². The highest BCUT2D eigenvalue weighted by Gasteiger charge is 2.38. The molecule has 0 aromatic carbocycles. The van der Waals surface area contributed by atoms with Crippen molar-refractivity contribution in [2.24, 2.45) is 0 Å². The van der Waals surface area contributed by atoms with E-state index in [2.05, 4.69) is 19.9 Å². The predicted molar refractivity (Wildman–Crippen MR) is 94.2 cm³/mol. The van der Waals surface area contributed by atoms with Crippen LogP contribution < -0.4 is 0 Å². The molecule has 2 aliphatic heterocycles. The summed E-state index contributed by atoms with van der Waals surface area (Å²) in [6, 6.07) is 5.26. The van der Waals surface area contributed by atoms with Gasteiger partial charge in [0.2, 0.25) is 5.91 Å². The third-order valence-corrected chi connectivity index (χ3v) is 4.96. The molecule has 2 fully saturated rings. The molecule has 134 valence electrons. The Labute approximate surface area is 151 Å². The topological polar surface area (TPSA) is 82.5 Å². The van der Waals surface area contributed by atoms with Crippen LogP contribution in [0, 0.1) is 0 Å². The molecule has 0 aliphatic carbocycles. The van der Waals surface area contributed by atoms with Crippen molar-refractivity contribution in [3.05, 3.63) is 42.4 Å². The van der Waals surface area contributed by atoms with Gasteiger partial charge in [-0.05, 0) is 12.1 Å². The number of carbonyl (C=O) groups excluding carboxylic acids is 2. The molecule has 2 aromatic heterocycles. The normalized spacial score (nSPS) is 20.8. The van der Waals surface area contributed by atoms with Crippen molar-refractivity contribution >= 4 is 11.8 Å². The molecule has 4 heterocycles. The predicted octanol–water partition coefficient (Wildman–Crippen LogP) is 0.137. The van der Waals surface area contributed by atoms with Crippen molar-refractivity contribution in [2.75, 3.05) is 39.8 Å². The molecule has 8 nitrogen and oxygen atoms in total. The van der Waals surface area contributed by atoms with Crippen molar-refractivity contribution in [1.82, 2.24) is 29.7 Å². The lowest BCUT2D eigenvalue weighted by Crippen LogP contribution is -2.64. The van der Waals surface area contributed by atoms with Gasteiger partial charge in [-0.15, -0.1) is 0 Å². The number of piperazine rings is 2. The van der Waals surface area contributed by atoms with Crippen LogP contribution in [0.25, 0.3) is 11.5 Å². The number of carbonyl (C=O) groups is 2. The second-order valence-corrected chi connectivity index (χ2v) is 6.57. The highest BCUT2D eigenvalue weighted by atomic mass is 16.2. The maximum Gasteiger partial charge on any atom is 0.257 e. The molecule has 4 rings (SSSR count). The van der Waals surface area contributed by atoms with E-state index in [4.69, 9.17) is 0 Å². The number of rotatable bonds is 2. The van der Waals surface area contributed by atoms with Crippen molar-refractivity contribution in [2.45, 2.75) is 6.04 Å². The van der Waals surface area contributed by atoms with Gasteiger partial charge in [-0.1, -0.05) is 6.07 Å². The standard InChI is InChI=1S/C18H20N6O2/c1-22-6-7-23-8-9-24(12-15(23)18(22)26)17(25)13-10-20-16(21-11-13)14-4-2-3-5-19-14/h2-5,10-11,15H,6-9,12H2,1H3. The van der Waals surface area contributed by atoms with E-state index in [1.165, 1.54) is 12.4 Å². The zero-order valence-electron chi connectivity index (χ0n) is 14.6. The van der Waals surface area contributed by atoms with Gasteiger partial charge in [0.15, 0.2) is 5.82 Å². The fourth-order valence-corrected chi connectivity index (χ4v) is 3.40. The highest BCUT2D eigenvalue weighted by molar-refractivity contribution is 5.94. The van der Waals surface area contributed by atoms with Crippen LogP contribution in [0.4, 0.5) is 0 Å². The fraction of sp³-hybridized carbons (Fsp3) is 0.389. The van der Waals surface area contributed by atoms with Crippen molar-refractivity contribution < 1.29 is 9.59 Å². The van der Waals surface area contributed by atoms with Crippen LogP contribution in [0.1, 0.15) is 10.4 Å². The lowest BCUT2D eigenvalue weighted by molar-refractivity contribution is -0.142. The maximum atomic E-state index is 12.8. The largest absolute Gasteiger partial charge is 0.343 e. The second-order valence-electron chi connectivity index (χ2n) is 6.57. The van der Waals surface area contributed by atoms with Crippen LogP contribution in [0.2, 0.25) is 0 Å². The number of nitrogens with zero attached hydrogens (tertiary/aromatic N) is 6. The quantitative estimate of drug-likeness (QED) is 0.764. The third kappa shape index (κ3) is 3.03. The summed E-state index contributed by atoms with van der Waals surface area (Å²) in [5, 5.41) is 0. The Hall–Kier alpha value is -2.87. The summed E-state index contributed by atoms with van der Waals surface area (Å²) in [5.74, 6) is 0.421. The summed E-state index contributed by atoms with van der Waals surface area (Å²) in [4.78, 5) is 43.5. The molecule has 0 N–H and O–H groups in total. The van der Waals surface area contributed by atoms with Gasteiger partial charge in [-0.3, -0.25) is 19.5 Å². The minimum absolute atomic E-state index is 0.0792. The van der Waals surface area contributed by atoms with E-state index in [1.807, 2.05) is 25.2 Å². The van der Waals surface area contributed by atoms with E-state index in [1.54, 1.807) is 16.0 Å². The van der Waals surface area contributed by atoms with Crippen LogP contribution in [0.5, 0.6) is 0 Å². The van der Waals surface area contributed by atoms with Crippen LogP contribution >= 0.6 is 0 Å². The van der Waals surface area contributed by atoms with Gasteiger partial charge >= 0.3 is 0 Å². The summed E-state index contributed by atoms with van der Waals surface area (Å²) in [7, 11) is 1.81. The van der Waals surface area contributed by atoms with E-state index in [0.29, 0.717) is 36.7 Å². The minimum Gasteiger partial charge on any atom is -0.343 e. The number of hydrogen-bond donors (Lipinski definition) is 0. The van der Waals surface area contributed by atoms with Gasteiger partial charge in [0.05, 0.1) is 5.56 Å². The monoisotopic (exact) mass is 352 g/mol. The number of pyridine rings is 1. The molecule has 0 spiro atoms. The minimum atomic E-state index is -0.250. The van der Waals surface area contributed by atoms with E-state index in [9.17, 15) is 9.59 Å². The lowest BCUT2D eigenvalue weighted by Gasteiger charge is -2.45. The summed E-state index contributed by atoms with van der Waals surface area (Å²) in [5.41, 5.74) is 1.09. The van der Waals surface area contributed by atoms with Crippen molar-refractivity contribution in [1.29, 1.82) is 0 Å². The van der Waals surface area contributed by atoms with Gasteiger partial charge in [0.1, 0.15) is 11.7 Å². The molecule has 2 amide bonds. The molecule has 2 aliphatic rings. The fourth-order valence-electron chi connectivity index (χ4n) is 3.40. The Morgan fingerprint density at radius 2 is 1.85 bits per heavy atom. The van der Waals surface area contributed by atoms with E-state index < -0.39 is 0 Å². The number of likely N-dealkylation sites (N-methyl/N-ethyl adjacent to an activating group) is 1. The first kappa shape index (κ1) is 16.6. The van der Waals surface area contributed by atoms with Crippen LogP contribution in [0.3, 0.4) is 0 Å². The first-order valence-corrected chi connectivity index (χ1v) is 8.65. The van der Waals surface area contributed by atoms with Crippen LogP contribution in [-0.2, 0) is 4.79 Å². The average molecular weight is 352 g/mol. The summed E-state index contributed by atoms with van der Waals surface area (Å²) < 4.78 is 0. The molecule has 0 bridgehead atoms. The maximum absolute atomic E-state index is 12.8. The summed E-state index contributed by atoms with van der Waals surface area (Å²) in [6.45, 7) is 3.32. The Bertz CT molecular complexity index is 810. The molecule has 0 saturated carbocycles. The van der Waals surface area contributed by atoms with Gasteiger partial charge in [-0.25, -0.2) is 9.97 Å². The summed E-state index contributed by atoms with van der Waals surface area (Å²) in [6.07, 6.45) is 4.73. The molecule has 2 aromatic rings. The zero-order valence-corrected chi connectivity index (χ0v) is 14.6. The van der Waals surface area contributed by atoms with Gasteiger partial charge < -0.3 is 9.80 Å². The molecule has 0 radical (unpaired) electrons. The first-order valence-electron chi connectivity index (χ1n) is 8.65. The SMILES string of the molecule is CN1CCN2CCN(C(=O)c3cnc(-c4ccccn4)nc3)CC2C1=O. The molecular weight excluding hydrogens is 332 g/mol. The highest BCUT2D eigenvalue weighted by Crippen LogP contribution is 2.18. The van der Waals surface area contributed by atoms with Crippen LogP contribution in [-0.4, -0.2) is 87.3 Å². The van der Waals surface area contributed by atoms with Gasteiger partial charge in [0, 0.05) is 58.4 Å². The van der Waals surface area contributed by atoms with Crippen LogP contribution in [0.15, 0.2) is 36.8 Å². The van der Waals surface area contributed by atoms with Crippen molar-refractivity contribution in [3.8, 4) is 11.5 Å². The Kier molecular flexibility index (Phi) is 4.34. The number of fused-ring (bicyclic) bond motifs is 1. The van der Waals surface area contributed by atoms with Gasteiger partial charge in [0.25, 0.3) is 5.91 Å². The van der Waals surface area contributed by atoms with Gasteiger partial charge in [-0.2, -0.15) is 0 Å². The zero-order chi connectivity index (χ0) is 18.1. The molecule has 1 atom stereocenters. The van der Waals surface area contributed by atoms with E-state index >= 15 is 0 Å². The molecule has 2 saturated heterocycles. The summed E-state index contributed by atoms with van der Waals surface area (Å²) >= 11 is 0. The second kappa shape index (κ2) is 6.80.